The topological polar surface area (TPSA) is 35.2 Å². The molecule has 0 spiro atoms. The van der Waals surface area contributed by atoms with E-state index in [1.54, 1.807) is 24.3 Å². The summed E-state index contributed by atoms with van der Waals surface area (Å²) in [6, 6.07) is 9.34. The maximum Gasteiger partial charge on any atom is 0.145 e. The molecule has 5 heteroatoms. The molecule has 0 amide bonds. The minimum atomic E-state index is -0.537. The molecule has 2 rings (SSSR count). The molecule has 18 heavy (non-hydrogen) atoms. The highest BCUT2D eigenvalue weighted by atomic mass is 35.5. The Kier molecular flexibility index (Phi) is 4.07. The van der Waals surface area contributed by atoms with Crippen molar-refractivity contribution in [2.24, 2.45) is 5.73 Å². The average molecular weight is 286 g/mol. The van der Waals surface area contributed by atoms with Crippen LogP contribution in [-0.4, -0.2) is 0 Å². The summed E-state index contributed by atoms with van der Waals surface area (Å²) in [5.74, 6) is 0.311. The first kappa shape index (κ1) is 13.1. The predicted molar refractivity (Wildman–Crippen MR) is 70.8 cm³/mol. The second kappa shape index (κ2) is 5.57. The molecule has 2 N–H and O–H groups in total. The molecule has 0 aromatic heterocycles. The van der Waals surface area contributed by atoms with Gasteiger partial charge in [-0.25, -0.2) is 4.39 Å². The summed E-state index contributed by atoms with van der Waals surface area (Å²) in [6.45, 7) is 0.308. The van der Waals surface area contributed by atoms with Crippen molar-refractivity contribution in [1.82, 2.24) is 0 Å². The van der Waals surface area contributed by atoms with E-state index in [1.807, 2.05) is 0 Å². The highest BCUT2D eigenvalue weighted by Gasteiger charge is 2.07. The zero-order valence-corrected chi connectivity index (χ0v) is 10.8. The second-order valence-corrected chi connectivity index (χ2v) is 4.48. The fraction of sp³-hybridized carbons (Fsp3) is 0.0769. The Morgan fingerprint density at radius 3 is 2.56 bits per heavy atom. The molecule has 0 aliphatic rings. The van der Waals surface area contributed by atoms with Crippen LogP contribution in [0.1, 0.15) is 5.56 Å². The number of halogens is 3. The maximum atomic E-state index is 13.3. The zero-order chi connectivity index (χ0) is 13.1. The van der Waals surface area contributed by atoms with E-state index in [4.69, 9.17) is 33.7 Å². The molecule has 0 radical (unpaired) electrons. The van der Waals surface area contributed by atoms with Gasteiger partial charge in [0.15, 0.2) is 0 Å². The fourth-order valence-electron chi connectivity index (χ4n) is 1.46. The van der Waals surface area contributed by atoms with Crippen LogP contribution in [0.15, 0.2) is 36.4 Å². The van der Waals surface area contributed by atoms with Crippen molar-refractivity contribution < 1.29 is 9.13 Å². The van der Waals surface area contributed by atoms with E-state index >= 15 is 0 Å². The van der Waals surface area contributed by atoms with Crippen LogP contribution in [0.2, 0.25) is 10.0 Å². The lowest BCUT2D eigenvalue weighted by Gasteiger charge is -2.10. The van der Waals surface area contributed by atoms with E-state index in [0.717, 1.165) is 5.56 Å². The third-order valence-electron chi connectivity index (χ3n) is 2.37. The highest BCUT2D eigenvalue weighted by molar-refractivity contribution is 6.31. The average Bonchev–Trinajstić information content (AvgIpc) is 2.34. The molecule has 94 valence electrons. The minimum Gasteiger partial charge on any atom is -0.457 e. The van der Waals surface area contributed by atoms with E-state index in [9.17, 15) is 4.39 Å². The van der Waals surface area contributed by atoms with Gasteiger partial charge in [0.1, 0.15) is 17.3 Å². The number of ether oxygens (including phenoxy) is 1. The largest absolute Gasteiger partial charge is 0.457 e. The van der Waals surface area contributed by atoms with Gasteiger partial charge in [-0.3, -0.25) is 0 Å². The number of benzene rings is 2. The Bertz CT molecular complexity index is 575. The van der Waals surface area contributed by atoms with Crippen LogP contribution >= 0.6 is 23.2 Å². The molecule has 0 aliphatic heterocycles. The van der Waals surface area contributed by atoms with Crippen molar-refractivity contribution >= 4 is 23.2 Å². The third kappa shape index (κ3) is 2.93. The van der Waals surface area contributed by atoms with Crippen LogP contribution in [0.3, 0.4) is 0 Å². The molecule has 0 fully saturated rings. The Morgan fingerprint density at radius 1 is 1.11 bits per heavy atom. The zero-order valence-electron chi connectivity index (χ0n) is 9.29. The first-order valence-electron chi connectivity index (χ1n) is 5.21. The summed E-state index contributed by atoms with van der Waals surface area (Å²) in [5.41, 5.74) is 6.38. The van der Waals surface area contributed by atoms with Gasteiger partial charge in [-0.2, -0.15) is 0 Å². The van der Waals surface area contributed by atoms with Gasteiger partial charge in [0.2, 0.25) is 0 Å². The highest BCUT2D eigenvalue weighted by Crippen LogP contribution is 2.30. The summed E-state index contributed by atoms with van der Waals surface area (Å²) < 4.78 is 18.8. The van der Waals surface area contributed by atoms with Crippen LogP contribution in [0.25, 0.3) is 0 Å². The molecule has 2 aromatic rings. The molecule has 0 atom stereocenters. The van der Waals surface area contributed by atoms with Gasteiger partial charge in [0.05, 0.1) is 5.02 Å². The number of rotatable bonds is 3. The van der Waals surface area contributed by atoms with Crippen LogP contribution in [0, 0.1) is 5.82 Å². The van der Waals surface area contributed by atoms with E-state index in [-0.39, 0.29) is 5.02 Å². The predicted octanol–water partition coefficient (Wildman–Crippen LogP) is 4.38. The number of hydrogen-bond donors (Lipinski definition) is 1. The van der Waals surface area contributed by atoms with Crippen molar-refractivity contribution in [3.8, 4) is 11.5 Å². The van der Waals surface area contributed by atoms with Crippen LogP contribution in [0.4, 0.5) is 4.39 Å². The molecular weight excluding hydrogens is 276 g/mol. The van der Waals surface area contributed by atoms with E-state index < -0.39 is 5.82 Å². The molecular formula is C13H10Cl2FNO. The monoisotopic (exact) mass is 285 g/mol. The van der Waals surface area contributed by atoms with Gasteiger partial charge in [-0.1, -0.05) is 29.3 Å². The van der Waals surface area contributed by atoms with Gasteiger partial charge >= 0.3 is 0 Å². The number of hydrogen-bond acceptors (Lipinski definition) is 2. The lowest BCUT2D eigenvalue weighted by molar-refractivity contribution is 0.471. The lowest BCUT2D eigenvalue weighted by atomic mass is 10.2. The Hall–Kier alpha value is -1.29. The molecule has 0 saturated heterocycles. The first-order valence-corrected chi connectivity index (χ1v) is 5.97. The van der Waals surface area contributed by atoms with E-state index in [2.05, 4.69) is 0 Å². The van der Waals surface area contributed by atoms with Gasteiger partial charge in [0.25, 0.3) is 0 Å². The molecule has 2 aromatic carbocycles. The van der Waals surface area contributed by atoms with Gasteiger partial charge in [0, 0.05) is 23.2 Å². The van der Waals surface area contributed by atoms with Crippen molar-refractivity contribution in [2.45, 2.75) is 6.54 Å². The minimum absolute atomic E-state index is 0.0486. The summed E-state index contributed by atoms with van der Waals surface area (Å²) in [6.07, 6.45) is 0. The van der Waals surface area contributed by atoms with Crippen molar-refractivity contribution in [3.63, 3.8) is 0 Å². The van der Waals surface area contributed by atoms with Crippen LogP contribution in [-0.2, 0) is 6.54 Å². The summed E-state index contributed by atoms with van der Waals surface area (Å²) >= 11 is 11.5. The molecule has 0 aliphatic carbocycles. The molecule has 2 nitrogen and oxygen atoms in total. The molecule has 0 saturated carbocycles. The molecule has 0 unspecified atom stereocenters. The lowest BCUT2D eigenvalue weighted by Crippen LogP contribution is -1.99. The van der Waals surface area contributed by atoms with Gasteiger partial charge in [-0.05, 0) is 24.3 Å². The van der Waals surface area contributed by atoms with Crippen molar-refractivity contribution in [1.29, 1.82) is 0 Å². The quantitative estimate of drug-likeness (QED) is 0.908. The number of nitrogens with two attached hydrogens (primary N) is 1. The molecule has 0 bridgehead atoms. The second-order valence-electron chi connectivity index (χ2n) is 3.63. The molecule has 0 heterocycles. The van der Waals surface area contributed by atoms with Crippen molar-refractivity contribution in [3.05, 3.63) is 57.8 Å². The van der Waals surface area contributed by atoms with Gasteiger partial charge in [-0.15, -0.1) is 0 Å². The summed E-state index contributed by atoms with van der Waals surface area (Å²) in [4.78, 5) is 0. The van der Waals surface area contributed by atoms with E-state index in [1.165, 1.54) is 12.1 Å². The Balaban J connectivity index is 2.33. The van der Waals surface area contributed by atoms with Gasteiger partial charge < -0.3 is 10.5 Å². The normalized spacial score (nSPS) is 10.4. The Morgan fingerprint density at radius 2 is 1.89 bits per heavy atom. The SMILES string of the molecule is NCc1ccc(Cl)cc1Oc1ccc(Cl)c(F)c1. The first-order chi connectivity index (χ1) is 8.60. The van der Waals surface area contributed by atoms with Crippen LogP contribution in [0.5, 0.6) is 11.5 Å². The fourth-order valence-corrected chi connectivity index (χ4v) is 1.74. The van der Waals surface area contributed by atoms with Crippen molar-refractivity contribution in [2.75, 3.05) is 0 Å². The summed E-state index contributed by atoms with van der Waals surface area (Å²) in [5, 5.41) is 0.573. The Labute approximate surface area is 114 Å². The van der Waals surface area contributed by atoms with E-state index in [0.29, 0.717) is 23.1 Å². The summed E-state index contributed by atoms with van der Waals surface area (Å²) in [7, 11) is 0. The standard InChI is InChI=1S/C13H10Cl2FNO/c14-9-2-1-8(7-17)13(5-9)18-10-3-4-11(15)12(16)6-10/h1-6H,7,17H2. The third-order valence-corrected chi connectivity index (χ3v) is 2.91. The van der Waals surface area contributed by atoms with Crippen LogP contribution < -0.4 is 10.5 Å². The maximum absolute atomic E-state index is 13.3. The smallest absolute Gasteiger partial charge is 0.145 e.